The maximum atomic E-state index is 11.6. The number of carbonyl (C=O) groups excluding carboxylic acids is 1. The predicted octanol–water partition coefficient (Wildman–Crippen LogP) is 1.71. The van der Waals surface area contributed by atoms with Gasteiger partial charge in [0, 0.05) is 5.69 Å². The van der Waals surface area contributed by atoms with Crippen molar-refractivity contribution in [1.82, 2.24) is 4.90 Å². The molecule has 0 spiro atoms. The predicted molar refractivity (Wildman–Crippen MR) is 59.8 cm³/mol. The van der Waals surface area contributed by atoms with Gasteiger partial charge in [0.15, 0.2) is 0 Å². The Kier molecular flexibility index (Phi) is 1.87. The van der Waals surface area contributed by atoms with Gasteiger partial charge in [0.25, 0.3) is 0 Å². The largest absolute Gasteiger partial charge is 0.448 e. The number of ether oxygens (including phenoxy) is 1. The van der Waals surface area contributed by atoms with Crippen molar-refractivity contribution >= 4 is 11.8 Å². The highest BCUT2D eigenvalue weighted by Gasteiger charge is 2.53. The second-order valence-corrected chi connectivity index (χ2v) is 4.42. The Morgan fingerprint density at radius 3 is 2.44 bits per heavy atom. The number of hydrogen-bond acceptors (Lipinski definition) is 3. The topological polar surface area (TPSA) is 55.6 Å². The summed E-state index contributed by atoms with van der Waals surface area (Å²) in [6.07, 6.45) is 1.85. The number of anilines is 1. The molecule has 1 aliphatic heterocycles. The first-order valence-corrected chi connectivity index (χ1v) is 5.53. The number of hydrogen-bond donors (Lipinski definition) is 1. The third-order valence-electron chi connectivity index (χ3n) is 3.45. The lowest BCUT2D eigenvalue weighted by Gasteiger charge is -2.25. The summed E-state index contributed by atoms with van der Waals surface area (Å²) in [6, 6.07) is 7.79. The first-order valence-electron chi connectivity index (χ1n) is 5.53. The molecular formula is C12H14N2O2. The summed E-state index contributed by atoms with van der Waals surface area (Å²) in [6.45, 7) is 1.21. The molecule has 16 heavy (non-hydrogen) atoms. The number of nitrogen functional groups attached to an aromatic ring is 1. The van der Waals surface area contributed by atoms with Crippen LogP contribution in [0.1, 0.15) is 18.4 Å². The molecule has 1 aromatic carbocycles. The second-order valence-electron chi connectivity index (χ2n) is 4.42. The maximum absolute atomic E-state index is 11.6. The van der Waals surface area contributed by atoms with Gasteiger partial charge in [-0.15, -0.1) is 0 Å². The molecule has 1 aliphatic carbocycles. The summed E-state index contributed by atoms with van der Waals surface area (Å²) in [5.41, 5.74) is 7.48. The summed E-state index contributed by atoms with van der Waals surface area (Å²) in [4.78, 5) is 13.4. The monoisotopic (exact) mass is 218 g/mol. The zero-order valence-corrected chi connectivity index (χ0v) is 8.98. The van der Waals surface area contributed by atoms with E-state index in [2.05, 4.69) is 0 Å². The van der Waals surface area contributed by atoms with Gasteiger partial charge >= 0.3 is 6.09 Å². The molecule has 1 heterocycles. The summed E-state index contributed by atoms with van der Waals surface area (Å²) < 4.78 is 5.00. The normalized spacial score (nSPS) is 22.0. The van der Waals surface area contributed by atoms with Crippen LogP contribution in [0.3, 0.4) is 0 Å². The van der Waals surface area contributed by atoms with E-state index < -0.39 is 0 Å². The van der Waals surface area contributed by atoms with E-state index in [1.54, 1.807) is 0 Å². The molecule has 0 aromatic heterocycles. The molecule has 2 aliphatic rings. The molecule has 0 atom stereocenters. The van der Waals surface area contributed by atoms with E-state index in [0.717, 1.165) is 18.5 Å². The van der Waals surface area contributed by atoms with Crippen molar-refractivity contribution in [1.29, 1.82) is 0 Å². The fourth-order valence-electron chi connectivity index (χ4n) is 2.41. The van der Waals surface area contributed by atoms with Gasteiger partial charge in [0.05, 0.1) is 12.1 Å². The minimum atomic E-state index is -0.186. The Morgan fingerprint density at radius 1 is 1.25 bits per heavy atom. The van der Waals surface area contributed by atoms with Crippen LogP contribution >= 0.6 is 0 Å². The van der Waals surface area contributed by atoms with Gasteiger partial charge in [-0.2, -0.15) is 0 Å². The zero-order chi connectivity index (χ0) is 11.2. The average Bonchev–Trinajstić information content (AvgIpc) is 2.97. The lowest BCUT2D eigenvalue weighted by molar-refractivity contribution is 0.143. The molecule has 4 heteroatoms. The van der Waals surface area contributed by atoms with E-state index in [-0.39, 0.29) is 11.6 Å². The fraction of sp³-hybridized carbons (Fsp3) is 0.417. The van der Waals surface area contributed by atoms with E-state index >= 15 is 0 Å². The Bertz CT molecular complexity index is 423. The lowest BCUT2D eigenvalue weighted by Crippen LogP contribution is -2.36. The molecule has 0 unspecified atom stereocenters. The molecule has 1 saturated heterocycles. The number of cyclic esters (lactones) is 1. The number of rotatable bonds is 2. The molecule has 84 valence electrons. The highest BCUT2D eigenvalue weighted by molar-refractivity contribution is 5.71. The van der Waals surface area contributed by atoms with Gasteiger partial charge in [-0.25, -0.2) is 4.79 Å². The molecule has 1 amide bonds. The number of benzene rings is 1. The van der Waals surface area contributed by atoms with Crippen molar-refractivity contribution in [2.24, 2.45) is 0 Å². The SMILES string of the molecule is Nc1ccc(C2(N3CCOC3=O)CC2)cc1. The molecule has 2 fully saturated rings. The lowest BCUT2D eigenvalue weighted by atomic mass is 10.0. The third kappa shape index (κ3) is 1.26. The van der Waals surface area contributed by atoms with Crippen molar-refractivity contribution in [3.63, 3.8) is 0 Å². The Hall–Kier alpha value is -1.71. The molecule has 1 saturated carbocycles. The van der Waals surface area contributed by atoms with E-state index in [9.17, 15) is 4.79 Å². The summed E-state index contributed by atoms with van der Waals surface area (Å²) in [5.74, 6) is 0. The number of nitrogens with zero attached hydrogens (tertiary/aromatic N) is 1. The first-order chi connectivity index (χ1) is 7.72. The van der Waals surface area contributed by atoms with Crippen LogP contribution in [0.15, 0.2) is 24.3 Å². The third-order valence-corrected chi connectivity index (χ3v) is 3.45. The van der Waals surface area contributed by atoms with Crippen LogP contribution in [0.4, 0.5) is 10.5 Å². The van der Waals surface area contributed by atoms with Gasteiger partial charge in [0.1, 0.15) is 6.61 Å². The van der Waals surface area contributed by atoms with Crippen LogP contribution in [-0.2, 0) is 10.3 Å². The molecule has 0 bridgehead atoms. The van der Waals surface area contributed by atoms with Crippen molar-refractivity contribution in [2.45, 2.75) is 18.4 Å². The van der Waals surface area contributed by atoms with Crippen molar-refractivity contribution in [3.05, 3.63) is 29.8 Å². The molecule has 0 radical (unpaired) electrons. The smallest absolute Gasteiger partial charge is 0.410 e. The minimum absolute atomic E-state index is 0.110. The molecule has 2 N–H and O–H groups in total. The van der Waals surface area contributed by atoms with Gasteiger partial charge in [0.2, 0.25) is 0 Å². The quantitative estimate of drug-likeness (QED) is 0.769. The van der Waals surface area contributed by atoms with E-state index in [1.165, 1.54) is 5.56 Å². The highest BCUT2D eigenvalue weighted by atomic mass is 16.6. The van der Waals surface area contributed by atoms with Crippen LogP contribution in [0.2, 0.25) is 0 Å². The molecule has 3 rings (SSSR count). The van der Waals surface area contributed by atoms with Gasteiger partial charge in [-0.3, -0.25) is 4.90 Å². The number of nitrogens with two attached hydrogens (primary N) is 1. The summed E-state index contributed by atoms with van der Waals surface area (Å²) in [7, 11) is 0. The van der Waals surface area contributed by atoms with E-state index in [4.69, 9.17) is 10.5 Å². The van der Waals surface area contributed by atoms with E-state index in [0.29, 0.717) is 13.2 Å². The number of carbonyl (C=O) groups is 1. The molecule has 4 nitrogen and oxygen atoms in total. The maximum Gasteiger partial charge on any atom is 0.410 e. The highest BCUT2D eigenvalue weighted by Crippen LogP contribution is 2.51. The zero-order valence-electron chi connectivity index (χ0n) is 8.98. The molecule has 1 aromatic rings. The Balaban J connectivity index is 1.93. The standard InChI is InChI=1S/C12H14N2O2/c13-10-3-1-9(2-4-10)12(5-6-12)14-7-8-16-11(14)15/h1-4H,5-8,13H2. The van der Waals surface area contributed by atoms with Gasteiger partial charge in [-0.1, -0.05) is 12.1 Å². The fourth-order valence-corrected chi connectivity index (χ4v) is 2.41. The van der Waals surface area contributed by atoms with E-state index in [1.807, 2.05) is 29.2 Å². The average molecular weight is 218 g/mol. The van der Waals surface area contributed by atoms with Crippen molar-refractivity contribution in [3.8, 4) is 0 Å². The van der Waals surface area contributed by atoms with Crippen LogP contribution in [0, 0.1) is 0 Å². The molecular weight excluding hydrogens is 204 g/mol. The van der Waals surface area contributed by atoms with Crippen LogP contribution < -0.4 is 5.73 Å². The van der Waals surface area contributed by atoms with Crippen molar-refractivity contribution in [2.75, 3.05) is 18.9 Å². The van der Waals surface area contributed by atoms with Gasteiger partial charge in [-0.05, 0) is 30.5 Å². The van der Waals surface area contributed by atoms with Crippen LogP contribution in [0.25, 0.3) is 0 Å². The Labute approximate surface area is 94.0 Å². The number of amides is 1. The van der Waals surface area contributed by atoms with Crippen molar-refractivity contribution < 1.29 is 9.53 Å². The second kappa shape index (κ2) is 3.14. The first kappa shape index (κ1) is 9.51. The van der Waals surface area contributed by atoms with Crippen LogP contribution in [0.5, 0.6) is 0 Å². The Morgan fingerprint density at radius 2 is 1.94 bits per heavy atom. The minimum Gasteiger partial charge on any atom is -0.448 e. The van der Waals surface area contributed by atoms with Crippen LogP contribution in [-0.4, -0.2) is 24.1 Å². The summed E-state index contributed by atoms with van der Waals surface area (Å²) >= 11 is 0. The van der Waals surface area contributed by atoms with Gasteiger partial charge < -0.3 is 10.5 Å². The summed E-state index contributed by atoms with van der Waals surface area (Å²) in [5, 5.41) is 0.